The van der Waals surface area contributed by atoms with Gasteiger partial charge >= 0.3 is 0 Å². The van der Waals surface area contributed by atoms with E-state index in [2.05, 4.69) is 22.2 Å². The second kappa shape index (κ2) is 10.7. The van der Waals surface area contributed by atoms with Gasteiger partial charge in [-0.2, -0.15) is 0 Å². The number of hydrogen-bond acceptors (Lipinski definition) is 2. The first kappa shape index (κ1) is 19.0. The van der Waals surface area contributed by atoms with E-state index in [9.17, 15) is 0 Å². The lowest BCUT2D eigenvalue weighted by Crippen LogP contribution is -2.36. The summed E-state index contributed by atoms with van der Waals surface area (Å²) in [5.41, 5.74) is 1.06. The summed E-state index contributed by atoms with van der Waals surface area (Å²) in [6.45, 7) is 4.97. The molecule has 0 unspecified atom stereocenters. The third-order valence-corrected chi connectivity index (χ3v) is 3.03. The normalized spacial score (nSPS) is 10.4. The Morgan fingerprint density at radius 3 is 2.48 bits per heavy atom. The first-order chi connectivity index (χ1) is 10.8. The molecule has 0 fully saturated rings. The molecule has 2 aromatic carbocycles. The number of nitrogens with zero attached hydrogens (tertiary/aromatic N) is 1. The topological polar surface area (TPSA) is 45.7 Å². The minimum absolute atomic E-state index is 0. The van der Waals surface area contributed by atoms with Gasteiger partial charge in [-0.25, -0.2) is 0 Å². The monoisotopic (exact) mass is 423 g/mol. The van der Waals surface area contributed by atoms with Gasteiger partial charge in [0, 0.05) is 25.7 Å². The van der Waals surface area contributed by atoms with E-state index >= 15 is 0 Å². The van der Waals surface area contributed by atoms with Crippen molar-refractivity contribution in [3.63, 3.8) is 0 Å². The number of benzene rings is 2. The molecule has 4 nitrogen and oxygen atoms in total. The maximum atomic E-state index is 5.94. The standard InChI is InChI=1S/C18H21N3O.HI/c1-3-13-20-18(19-2)21-14-15-9-7-8-12-17(15)22-16-10-5-4-6-11-16;/h3-12H,1,13-14H2,2H3,(H2,19,20,21);1H. The van der Waals surface area contributed by atoms with E-state index in [-0.39, 0.29) is 24.0 Å². The second-order valence-corrected chi connectivity index (χ2v) is 4.62. The molecule has 0 bridgehead atoms. The fraction of sp³-hybridized carbons (Fsp3) is 0.167. The minimum atomic E-state index is 0. The maximum Gasteiger partial charge on any atom is 0.191 e. The van der Waals surface area contributed by atoms with Gasteiger partial charge in [-0.05, 0) is 18.2 Å². The summed E-state index contributed by atoms with van der Waals surface area (Å²) in [7, 11) is 1.74. The fourth-order valence-corrected chi connectivity index (χ4v) is 1.93. The molecule has 0 atom stereocenters. The van der Waals surface area contributed by atoms with Crippen molar-refractivity contribution >= 4 is 29.9 Å². The number of aliphatic imine (C=N–C) groups is 1. The summed E-state index contributed by atoms with van der Waals surface area (Å²) in [6.07, 6.45) is 1.79. The van der Waals surface area contributed by atoms with E-state index in [0.717, 1.165) is 23.0 Å². The van der Waals surface area contributed by atoms with Gasteiger partial charge in [0.1, 0.15) is 11.5 Å². The Labute approximate surface area is 154 Å². The zero-order valence-electron chi connectivity index (χ0n) is 13.2. The van der Waals surface area contributed by atoms with Crippen molar-refractivity contribution in [2.75, 3.05) is 13.6 Å². The van der Waals surface area contributed by atoms with Crippen LogP contribution < -0.4 is 15.4 Å². The SMILES string of the molecule is C=CCNC(=NC)NCc1ccccc1Oc1ccccc1.I. The van der Waals surface area contributed by atoms with Crippen molar-refractivity contribution in [2.24, 2.45) is 4.99 Å². The molecular formula is C18H22IN3O. The predicted octanol–water partition coefficient (Wildman–Crippen LogP) is 3.95. The highest BCUT2D eigenvalue weighted by Crippen LogP contribution is 2.24. The van der Waals surface area contributed by atoms with Crippen LogP contribution in [0.1, 0.15) is 5.56 Å². The van der Waals surface area contributed by atoms with E-state index in [1.165, 1.54) is 0 Å². The summed E-state index contributed by atoms with van der Waals surface area (Å²) < 4.78 is 5.94. The lowest BCUT2D eigenvalue weighted by atomic mass is 10.2. The highest BCUT2D eigenvalue weighted by Gasteiger charge is 2.05. The van der Waals surface area contributed by atoms with Crippen LogP contribution in [0.25, 0.3) is 0 Å². The fourth-order valence-electron chi connectivity index (χ4n) is 1.93. The number of rotatable bonds is 6. The van der Waals surface area contributed by atoms with Crippen LogP contribution in [0.3, 0.4) is 0 Å². The van der Waals surface area contributed by atoms with E-state index < -0.39 is 0 Å². The van der Waals surface area contributed by atoms with E-state index in [1.54, 1.807) is 13.1 Å². The number of guanidine groups is 1. The largest absolute Gasteiger partial charge is 0.457 e. The van der Waals surface area contributed by atoms with Crippen LogP contribution in [0.4, 0.5) is 0 Å². The first-order valence-corrected chi connectivity index (χ1v) is 7.19. The summed E-state index contributed by atoms with van der Waals surface area (Å²) in [5, 5.41) is 6.40. The summed E-state index contributed by atoms with van der Waals surface area (Å²) >= 11 is 0. The predicted molar refractivity (Wildman–Crippen MR) is 107 cm³/mol. The van der Waals surface area contributed by atoms with Crippen LogP contribution in [0, 0.1) is 0 Å². The number of hydrogen-bond donors (Lipinski definition) is 2. The molecule has 5 heteroatoms. The van der Waals surface area contributed by atoms with Crippen LogP contribution in [-0.4, -0.2) is 19.6 Å². The highest BCUT2D eigenvalue weighted by atomic mass is 127. The summed E-state index contributed by atoms with van der Waals surface area (Å²) in [5.74, 6) is 2.39. The Morgan fingerprint density at radius 2 is 1.78 bits per heavy atom. The van der Waals surface area contributed by atoms with Crippen molar-refractivity contribution in [1.82, 2.24) is 10.6 Å². The molecule has 2 rings (SSSR count). The zero-order chi connectivity index (χ0) is 15.6. The van der Waals surface area contributed by atoms with Gasteiger partial charge in [-0.1, -0.05) is 42.5 Å². The smallest absolute Gasteiger partial charge is 0.191 e. The van der Waals surface area contributed by atoms with E-state index in [1.807, 2.05) is 54.6 Å². The van der Waals surface area contributed by atoms with Gasteiger partial charge in [0.2, 0.25) is 0 Å². The van der Waals surface area contributed by atoms with Gasteiger partial charge in [-0.3, -0.25) is 4.99 Å². The van der Waals surface area contributed by atoms with Gasteiger partial charge < -0.3 is 15.4 Å². The van der Waals surface area contributed by atoms with Gasteiger partial charge in [0.15, 0.2) is 5.96 Å². The third kappa shape index (κ3) is 6.32. The Balaban J connectivity index is 0.00000264. The van der Waals surface area contributed by atoms with Gasteiger partial charge in [0.05, 0.1) is 0 Å². The lowest BCUT2D eigenvalue weighted by Gasteiger charge is -2.14. The van der Waals surface area contributed by atoms with Crippen molar-refractivity contribution in [1.29, 1.82) is 0 Å². The Hall–Kier alpha value is -2.02. The molecule has 23 heavy (non-hydrogen) atoms. The van der Waals surface area contributed by atoms with E-state index in [4.69, 9.17) is 4.74 Å². The lowest BCUT2D eigenvalue weighted by molar-refractivity contribution is 0.475. The summed E-state index contributed by atoms with van der Waals surface area (Å²) in [4.78, 5) is 4.16. The third-order valence-electron chi connectivity index (χ3n) is 3.03. The molecule has 0 spiro atoms. The van der Waals surface area contributed by atoms with Crippen molar-refractivity contribution < 1.29 is 4.74 Å². The average Bonchev–Trinajstić information content (AvgIpc) is 2.57. The molecule has 122 valence electrons. The molecule has 0 saturated carbocycles. The van der Waals surface area contributed by atoms with Crippen LogP contribution >= 0.6 is 24.0 Å². The minimum Gasteiger partial charge on any atom is -0.457 e. The van der Waals surface area contributed by atoms with Crippen LogP contribution in [0.15, 0.2) is 72.2 Å². The molecular weight excluding hydrogens is 401 g/mol. The van der Waals surface area contributed by atoms with Crippen molar-refractivity contribution in [3.8, 4) is 11.5 Å². The van der Waals surface area contributed by atoms with Crippen molar-refractivity contribution in [2.45, 2.75) is 6.54 Å². The van der Waals surface area contributed by atoms with Crippen LogP contribution in [0.2, 0.25) is 0 Å². The highest BCUT2D eigenvalue weighted by molar-refractivity contribution is 14.0. The number of halogens is 1. The van der Waals surface area contributed by atoms with Gasteiger partial charge in [-0.15, -0.1) is 30.6 Å². The molecule has 0 saturated heterocycles. The summed E-state index contributed by atoms with van der Waals surface area (Å²) in [6, 6.07) is 17.7. The number of ether oxygens (including phenoxy) is 1. The second-order valence-electron chi connectivity index (χ2n) is 4.62. The maximum absolute atomic E-state index is 5.94. The molecule has 0 aliphatic rings. The molecule has 0 aliphatic carbocycles. The zero-order valence-corrected chi connectivity index (χ0v) is 15.5. The van der Waals surface area contributed by atoms with Gasteiger partial charge in [0.25, 0.3) is 0 Å². The molecule has 0 heterocycles. The van der Waals surface area contributed by atoms with Crippen molar-refractivity contribution in [3.05, 3.63) is 72.8 Å². The Kier molecular flexibility index (Phi) is 8.82. The van der Waals surface area contributed by atoms with Crippen LogP contribution in [-0.2, 0) is 6.54 Å². The molecule has 2 aromatic rings. The molecule has 0 aliphatic heterocycles. The molecule has 0 aromatic heterocycles. The number of para-hydroxylation sites is 2. The van der Waals surface area contributed by atoms with Crippen LogP contribution in [0.5, 0.6) is 11.5 Å². The Bertz CT molecular complexity index is 629. The quantitative estimate of drug-likeness (QED) is 0.320. The molecule has 0 radical (unpaired) electrons. The first-order valence-electron chi connectivity index (χ1n) is 7.19. The molecule has 2 N–H and O–H groups in total. The molecule has 0 amide bonds. The number of nitrogens with one attached hydrogen (secondary N) is 2. The Morgan fingerprint density at radius 1 is 1.09 bits per heavy atom. The average molecular weight is 423 g/mol. The van der Waals surface area contributed by atoms with E-state index in [0.29, 0.717) is 13.1 Å².